The third kappa shape index (κ3) is 2.90. The van der Waals surface area contributed by atoms with Crippen LogP contribution in [0.15, 0.2) is 124 Å². The SMILES string of the molecule is c1ccc2c(c1)oc1ccc(-c3ccc(-c4ccc5nc6c(cc5c4)oc4ccccc46)cc3)cc12. The molecular weight excluding hydrogens is 442 g/mol. The first-order valence-electron chi connectivity index (χ1n) is 12.0. The molecule has 0 aliphatic rings. The van der Waals surface area contributed by atoms with Crippen molar-refractivity contribution in [2.45, 2.75) is 0 Å². The van der Waals surface area contributed by atoms with Gasteiger partial charge in [0.1, 0.15) is 22.3 Å². The Kier molecular flexibility index (Phi) is 3.94. The minimum Gasteiger partial charge on any atom is -0.456 e. The van der Waals surface area contributed by atoms with E-state index in [0.717, 1.165) is 60.5 Å². The largest absolute Gasteiger partial charge is 0.456 e. The molecule has 3 heteroatoms. The fourth-order valence-corrected chi connectivity index (χ4v) is 5.24. The zero-order chi connectivity index (χ0) is 23.6. The Labute approximate surface area is 206 Å². The fourth-order valence-electron chi connectivity index (χ4n) is 5.24. The van der Waals surface area contributed by atoms with Crippen LogP contribution in [0, 0.1) is 0 Å². The molecule has 0 radical (unpaired) electrons. The predicted octanol–water partition coefficient (Wildman–Crippen LogP) is 9.37. The summed E-state index contributed by atoms with van der Waals surface area (Å²) in [6.45, 7) is 0. The number of rotatable bonds is 2. The van der Waals surface area contributed by atoms with Crippen LogP contribution in [0.1, 0.15) is 0 Å². The van der Waals surface area contributed by atoms with Crippen molar-refractivity contribution in [3.63, 3.8) is 0 Å². The molecule has 0 saturated carbocycles. The molecule has 0 bridgehead atoms. The summed E-state index contributed by atoms with van der Waals surface area (Å²) < 4.78 is 12.0. The van der Waals surface area contributed by atoms with Gasteiger partial charge in [0, 0.05) is 21.5 Å². The van der Waals surface area contributed by atoms with Crippen LogP contribution in [0.2, 0.25) is 0 Å². The smallest absolute Gasteiger partial charge is 0.154 e. The summed E-state index contributed by atoms with van der Waals surface area (Å²) in [4.78, 5) is 4.89. The summed E-state index contributed by atoms with van der Waals surface area (Å²) in [5, 5.41) is 4.41. The lowest BCUT2D eigenvalue weighted by atomic mass is 9.98. The van der Waals surface area contributed by atoms with Crippen molar-refractivity contribution in [3.8, 4) is 22.3 Å². The van der Waals surface area contributed by atoms with E-state index in [1.165, 1.54) is 16.7 Å². The second-order valence-electron chi connectivity index (χ2n) is 9.23. The maximum atomic E-state index is 6.05. The van der Waals surface area contributed by atoms with Crippen LogP contribution in [-0.2, 0) is 0 Å². The van der Waals surface area contributed by atoms with Crippen LogP contribution in [-0.4, -0.2) is 4.98 Å². The molecule has 5 aromatic carbocycles. The molecule has 3 aromatic heterocycles. The lowest BCUT2D eigenvalue weighted by Crippen LogP contribution is -1.84. The summed E-state index contributed by atoms with van der Waals surface area (Å²) in [6.07, 6.45) is 0. The molecule has 0 amide bonds. The van der Waals surface area contributed by atoms with Gasteiger partial charge in [0.2, 0.25) is 0 Å². The third-order valence-corrected chi connectivity index (χ3v) is 7.07. The molecule has 0 N–H and O–H groups in total. The topological polar surface area (TPSA) is 39.2 Å². The predicted molar refractivity (Wildman–Crippen MR) is 147 cm³/mol. The molecule has 0 saturated heterocycles. The van der Waals surface area contributed by atoms with Gasteiger partial charge in [-0.25, -0.2) is 4.98 Å². The first kappa shape index (κ1) is 19.4. The van der Waals surface area contributed by atoms with Gasteiger partial charge in [0.05, 0.1) is 5.52 Å². The second-order valence-corrected chi connectivity index (χ2v) is 9.23. The van der Waals surface area contributed by atoms with Crippen molar-refractivity contribution >= 4 is 54.9 Å². The summed E-state index contributed by atoms with van der Waals surface area (Å²) in [5.74, 6) is 0. The first-order chi connectivity index (χ1) is 17.8. The first-order valence-corrected chi connectivity index (χ1v) is 12.0. The van der Waals surface area contributed by atoms with Gasteiger partial charge in [0.15, 0.2) is 5.58 Å². The van der Waals surface area contributed by atoms with E-state index >= 15 is 0 Å². The molecule has 0 aliphatic heterocycles. The number of nitrogens with zero attached hydrogens (tertiary/aromatic N) is 1. The highest BCUT2D eigenvalue weighted by atomic mass is 16.3. The Balaban J connectivity index is 1.18. The van der Waals surface area contributed by atoms with E-state index in [2.05, 4.69) is 84.9 Å². The van der Waals surface area contributed by atoms with E-state index in [1.807, 2.05) is 30.3 Å². The summed E-state index contributed by atoms with van der Waals surface area (Å²) in [6, 6.07) is 39.9. The lowest BCUT2D eigenvalue weighted by Gasteiger charge is -2.07. The lowest BCUT2D eigenvalue weighted by molar-refractivity contribution is 0.668. The standard InChI is InChI=1S/C33H19NO2/c1-3-7-29-25(5-1)27-18-23(14-16-31(27)35-29)21-11-9-20(10-12-21)22-13-15-28-24(17-22)19-32-33(34-28)26-6-2-4-8-30(26)36-32/h1-19H. The number of aromatic nitrogens is 1. The van der Waals surface area contributed by atoms with Gasteiger partial charge >= 0.3 is 0 Å². The fraction of sp³-hybridized carbons (Fsp3) is 0. The van der Waals surface area contributed by atoms with Gasteiger partial charge in [-0.1, -0.05) is 66.7 Å². The molecule has 0 unspecified atom stereocenters. The average Bonchev–Trinajstić information content (AvgIpc) is 3.49. The highest BCUT2D eigenvalue weighted by Gasteiger charge is 2.11. The number of pyridine rings is 1. The minimum atomic E-state index is 0.818. The summed E-state index contributed by atoms with van der Waals surface area (Å²) in [5.41, 5.74) is 10.1. The Hall–Kier alpha value is -4.89. The third-order valence-electron chi connectivity index (χ3n) is 7.07. The van der Waals surface area contributed by atoms with Crippen LogP contribution >= 0.6 is 0 Å². The molecule has 8 rings (SSSR count). The van der Waals surface area contributed by atoms with E-state index in [-0.39, 0.29) is 0 Å². The highest BCUT2D eigenvalue weighted by Crippen LogP contribution is 2.34. The van der Waals surface area contributed by atoms with E-state index in [1.54, 1.807) is 0 Å². The molecule has 0 aliphatic carbocycles. The molecule has 3 heterocycles. The van der Waals surface area contributed by atoms with Crippen molar-refractivity contribution in [3.05, 3.63) is 115 Å². The van der Waals surface area contributed by atoms with Gasteiger partial charge in [-0.15, -0.1) is 0 Å². The molecule has 168 valence electrons. The van der Waals surface area contributed by atoms with Crippen LogP contribution in [0.4, 0.5) is 0 Å². The molecular formula is C33H19NO2. The molecule has 0 fully saturated rings. The number of fused-ring (bicyclic) bond motifs is 7. The Morgan fingerprint density at radius 3 is 1.81 bits per heavy atom. The quantitative estimate of drug-likeness (QED) is 0.257. The summed E-state index contributed by atoms with van der Waals surface area (Å²) >= 11 is 0. The van der Waals surface area contributed by atoms with Crippen molar-refractivity contribution in [1.29, 1.82) is 0 Å². The number of furan rings is 2. The zero-order valence-electron chi connectivity index (χ0n) is 19.2. The highest BCUT2D eigenvalue weighted by molar-refractivity contribution is 6.07. The zero-order valence-corrected chi connectivity index (χ0v) is 19.2. The van der Waals surface area contributed by atoms with Gasteiger partial charge in [0.25, 0.3) is 0 Å². The van der Waals surface area contributed by atoms with Gasteiger partial charge in [-0.05, 0) is 70.8 Å². The van der Waals surface area contributed by atoms with E-state index in [9.17, 15) is 0 Å². The number of para-hydroxylation sites is 2. The molecule has 36 heavy (non-hydrogen) atoms. The Bertz CT molecular complexity index is 2100. The van der Waals surface area contributed by atoms with Gasteiger partial charge < -0.3 is 8.83 Å². The summed E-state index contributed by atoms with van der Waals surface area (Å²) in [7, 11) is 0. The second kappa shape index (κ2) is 7.30. The average molecular weight is 462 g/mol. The van der Waals surface area contributed by atoms with Crippen molar-refractivity contribution in [2.24, 2.45) is 0 Å². The molecule has 0 atom stereocenters. The van der Waals surface area contributed by atoms with Crippen LogP contribution in [0.25, 0.3) is 77.2 Å². The van der Waals surface area contributed by atoms with Gasteiger partial charge in [-0.3, -0.25) is 0 Å². The Morgan fingerprint density at radius 2 is 1.00 bits per heavy atom. The van der Waals surface area contributed by atoms with Crippen molar-refractivity contribution in [2.75, 3.05) is 0 Å². The molecule has 0 spiro atoms. The molecule has 8 aromatic rings. The minimum absolute atomic E-state index is 0.818. The number of hydrogen-bond donors (Lipinski definition) is 0. The van der Waals surface area contributed by atoms with Crippen molar-refractivity contribution in [1.82, 2.24) is 4.98 Å². The maximum Gasteiger partial charge on any atom is 0.154 e. The van der Waals surface area contributed by atoms with E-state index < -0.39 is 0 Å². The van der Waals surface area contributed by atoms with E-state index in [0.29, 0.717) is 0 Å². The van der Waals surface area contributed by atoms with Crippen LogP contribution < -0.4 is 0 Å². The monoisotopic (exact) mass is 461 g/mol. The Morgan fingerprint density at radius 1 is 0.417 bits per heavy atom. The van der Waals surface area contributed by atoms with E-state index in [4.69, 9.17) is 13.8 Å². The maximum absolute atomic E-state index is 6.05. The van der Waals surface area contributed by atoms with Crippen molar-refractivity contribution < 1.29 is 8.83 Å². The normalized spacial score (nSPS) is 11.9. The molecule has 3 nitrogen and oxygen atoms in total. The number of benzene rings is 5. The van der Waals surface area contributed by atoms with Gasteiger partial charge in [-0.2, -0.15) is 0 Å². The number of hydrogen-bond acceptors (Lipinski definition) is 3. The van der Waals surface area contributed by atoms with Crippen LogP contribution in [0.5, 0.6) is 0 Å². The van der Waals surface area contributed by atoms with Crippen LogP contribution in [0.3, 0.4) is 0 Å².